The third-order valence-corrected chi connectivity index (χ3v) is 5.24. The summed E-state index contributed by atoms with van der Waals surface area (Å²) < 4.78 is 1.11. The van der Waals surface area contributed by atoms with Crippen molar-refractivity contribution in [2.75, 3.05) is 19.1 Å². The molecule has 0 atom stereocenters. The van der Waals surface area contributed by atoms with Crippen LogP contribution in [0.1, 0.15) is 19.4 Å². The second-order valence-electron chi connectivity index (χ2n) is 4.24. The molecule has 0 bridgehead atoms. The Morgan fingerprint density at radius 1 is 1.25 bits per heavy atom. The lowest BCUT2D eigenvalue weighted by atomic mass is 9.86. The van der Waals surface area contributed by atoms with E-state index in [1.54, 1.807) is 23.5 Å². The van der Waals surface area contributed by atoms with E-state index in [2.05, 4.69) is 54.4 Å². The van der Waals surface area contributed by atoms with Crippen LogP contribution in [0.4, 0.5) is 0 Å². The summed E-state index contributed by atoms with van der Waals surface area (Å²) in [5.74, 6) is 0. The average Bonchev–Trinajstić information content (AvgIpc) is 2.27. The fraction of sp³-hybridized carbons (Fsp3) is 0.500. The van der Waals surface area contributed by atoms with Gasteiger partial charge in [0.2, 0.25) is 0 Å². The standard InChI is InChI=1S/C12H17BrOS2/c1-12(2,7-14)8-5-9(13)11(16-4)10(6-8)15-3/h5-6,14H,7H2,1-4H3. The lowest BCUT2D eigenvalue weighted by molar-refractivity contribution is 0.218. The van der Waals surface area contributed by atoms with Crippen molar-refractivity contribution in [3.8, 4) is 0 Å². The number of aliphatic hydroxyl groups is 1. The van der Waals surface area contributed by atoms with Crippen molar-refractivity contribution >= 4 is 39.5 Å². The van der Waals surface area contributed by atoms with E-state index in [4.69, 9.17) is 0 Å². The number of thioether (sulfide) groups is 2. The van der Waals surface area contributed by atoms with E-state index >= 15 is 0 Å². The van der Waals surface area contributed by atoms with Gasteiger partial charge in [-0.05, 0) is 46.1 Å². The van der Waals surface area contributed by atoms with Crippen LogP contribution in [0.15, 0.2) is 26.4 Å². The monoisotopic (exact) mass is 320 g/mol. The van der Waals surface area contributed by atoms with Crippen LogP contribution in [0.2, 0.25) is 0 Å². The second kappa shape index (κ2) is 5.80. The van der Waals surface area contributed by atoms with E-state index in [9.17, 15) is 5.11 Å². The molecule has 0 unspecified atom stereocenters. The summed E-state index contributed by atoms with van der Waals surface area (Å²) in [6, 6.07) is 4.29. The number of halogens is 1. The van der Waals surface area contributed by atoms with Gasteiger partial charge in [0.1, 0.15) is 0 Å². The second-order valence-corrected chi connectivity index (χ2v) is 6.75. The molecule has 1 N–H and O–H groups in total. The van der Waals surface area contributed by atoms with Gasteiger partial charge < -0.3 is 5.11 Å². The molecule has 1 aromatic rings. The molecule has 0 aliphatic heterocycles. The Morgan fingerprint density at radius 2 is 1.88 bits per heavy atom. The minimum atomic E-state index is -0.191. The van der Waals surface area contributed by atoms with Crippen LogP contribution in [0.25, 0.3) is 0 Å². The summed E-state index contributed by atoms with van der Waals surface area (Å²) in [5, 5.41) is 9.40. The van der Waals surface area contributed by atoms with E-state index in [-0.39, 0.29) is 12.0 Å². The van der Waals surface area contributed by atoms with Crippen LogP contribution < -0.4 is 0 Å². The lowest BCUT2D eigenvalue weighted by Crippen LogP contribution is -2.22. The average molecular weight is 321 g/mol. The quantitative estimate of drug-likeness (QED) is 0.841. The van der Waals surface area contributed by atoms with E-state index in [1.165, 1.54) is 15.4 Å². The summed E-state index contributed by atoms with van der Waals surface area (Å²) in [6.45, 7) is 4.27. The van der Waals surface area contributed by atoms with Crippen LogP contribution in [-0.4, -0.2) is 24.2 Å². The smallest absolute Gasteiger partial charge is 0.0522 e. The maximum absolute atomic E-state index is 9.40. The SMILES string of the molecule is CSc1cc(C(C)(C)CO)cc(Br)c1SC. The molecule has 4 heteroatoms. The maximum Gasteiger partial charge on any atom is 0.0522 e. The van der Waals surface area contributed by atoms with E-state index in [1.807, 2.05) is 0 Å². The Bertz CT molecular complexity index is 378. The van der Waals surface area contributed by atoms with Crippen molar-refractivity contribution < 1.29 is 5.11 Å². The molecule has 0 aromatic heterocycles. The minimum absolute atomic E-state index is 0.159. The number of benzene rings is 1. The van der Waals surface area contributed by atoms with Gasteiger partial charge in [0.05, 0.1) is 6.61 Å². The van der Waals surface area contributed by atoms with Crippen molar-refractivity contribution in [2.24, 2.45) is 0 Å². The highest BCUT2D eigenvalue weighted by atomic mass is 79.9. The Labute approximate surface area is 115 Å². The summed E-state index contributed by atoms with van der Waals surface area (Å²) >= 11 is 7.09. The van der Waals surface area contributed by atoms with Gasteiger partial charge in [0.15, 0.2) is 0 Å². The zero-order chi connectivity index (χ0) is 12.3. The van der Waals surface area contributed by atoms with Crippen LogP contribution in [0.3, 0.4) is 0 Å². The Hall–Kier alpha value is 0.360. The number of hydrogen-bond donors (Lipinski definition) is 1. The van der Waals surface area contributed by atoms with Crippen LogP contribution in [0.5, 0.6) is 0 Å². The largest absolute Gasteiger partial charge is 0.395 e. The maximum atomic E-state index is 9.40. The molecule has 90 valence electrons. The van der Waals surface area contributed by atoms with Gasteiger partial charge >= 0.3 is 0 Å². The molecule has 1 rings (SSSR count). The van der Waals surface area contributed by atoms with Crippen molar-refractivity contribution in [1.82, 2.24) is 0 Å². The molecule has 0 heterocycles. The molecule has 0 aliphatic rings. The molecule has 0 radical (unpaired) electrons. The number of hydrogen-bond acceptors (Lipinski definition) is 3. The first-order valence-corrected chi connectivity index (χ1v) is 8.23. The summed E-state index contributed by atoms with van der Waals surface area (Å²) in [5.41, 5.74) is 0.980. The van der Waals surface area contributed by atoms with Gasteiger partial charge in [-0.3, -0.25) is 0 Å². The normalized spacial score (nSPS) is 11.9. The molecule has 1 nitrogen and oxygen atoms in total. The van der Waals surface area contributed by atoms with E-state index in [0.717, 1.165) is 4.47 Å². The molecule has 0 fully saturated rings. The van der Waals surface area contributed by atoms with Gasteiger partial charge in [-0.2, -0.15) is 0 Å². The first-order chi connectivity index (χ1) is 7.46. The number of rotatable bonds is 4. The molecular formula is C12H17BrOS2. The third-order valence-electron chi connectivity index (χ3n) is 2.61. The van der Waals surface area contributed by atoms with Gasteiger partial charge in [-0.1, -0.05) is 13.8 Å². The van der Waals surface area contributed by atoms with Gasteiger partial charge in [-0.25, -0.2) is 0 Å². The summed E-state index contributed by atoms with van der Waals surface area (Å²) in [6.07, 6.45) is 4.16. The van der Waals surface area contributed by atoms with Crippen LogP contribution >= 0.6 is 39.5 Å². The minimum Gasteiger partial charge on any atom is -0.395 e. The first-order valence-electron chi connectivity index (χ1n) is 4.99. The van der Waals surface area contributed by atoms with Gasteiger partial charge in [0.25, 0.3) is 0 Å². The lowest BCUT2D eigenvalue weighted by Gasteiger charge is -2.24. The fourth-order valence-electron chi connectivity index (χ4n) is 1.40. The topological polar surface area (TPSA) is 20.2 Å². The van der Waals surface area contributed by atoms with Crippen LogP contribution in [-0.2, 0) is 5.41 Å². The van der Waals surface area contributed by atoms with E-state index in [0.29, 0.717) is 0 Å². The van der Waals surface area contributed by atoms with Crippen molar-refractivity contribution in [2.45, 2.75) is 29.1 Å². The third kappa shape index (κ3) is 2.97. The Balaban J connectivity index is 3.31. The van der Waals surface area contributed by atoms with Crippen LogP contribution in [0, 0.1) is 0 Å². The molecule has 1 aromatic carbocycles. The highest BCUT2D eigenvalue weighted by molar-refractivity contribution is 9.10. The van der Waals surface area contributed by atoms with Gasteiger partial charge in [0, 0.05) is 19.7 Å². The Kier molecular flexibility index (Phi) is 5.23. The molecule has 0 spiro atoms. The van der Waals surface area contributed by atoms with Crippen molar-refractivity contribution in [3.63, 3.8) is 0 Å². The predicted molar refractivity (Wildman–Crippen MR) is 77.8 cm³/mol. The van der Waals surface area contributed by atoms with Crippen molar-refractivity contribution in [3.05, 3.63) is 22.2 Å². The summed E-state index contributed by atoms with van der Waals surface area (Å²) in [4.78, 5) is 2.53. The molecule has 16 heavy (non-hydrogen) atoms. The Morgan fingerprint density at radius 3 is 2.31 bits per heavy atom. The molecular weight excluding hydrogens is 304 g/mol. The molecule has 0 saturated heterocycles. The van der Waals surface area contributed by atoms with E-state index < -0.39 is 0 Å². The summed E-state index contributed by atoms with van der Waals surface area (Å²) in [7, 11) is 0. The highest BCUT2D eigenvalue weighted by Gasteiger charge is 2.21. The van der Waals surface area contributed by atoms with Gasteiger partial charge in [-0.15, -0.1) is 23.5 Å². The molecule has 0 saturated carbocycles. The zero-order valence-corrected chi connectivity index (χ0v) is 13.2. The zero-order valence-electron chi connectivity index (χ0n) is 10.0. The highest BCUT2D eigenvalue weighted by Crippen LogP contribution is 2.38. The molecule has 0 aliphatic carbocycles. The van der Waals surface area contributed by atoms with Crippen molar-refractivity contribution in [1.29, 1.82) is 0 Å². The molecule has 0 amide bonds. The predicted octanol–water partition coefficient (Wildman–Crippen LogP) is 4.16. The first kappa shape index (κ1) is 14.4. The fourth-order valence-corrected chi connectivity index (χ4v) is 4.03. The number of aliphatic hydroxyl groups excluding tert-OH is 1.